The van der Waals surface area contributed by atoms with E-state index in [0.717, 1.165) is 6.54 Å². The summed E-state index contributed by atoms with van der Waals surface area (Å²) in [6, 6.07) is 0. The van der Waals surface area contributed by atoms with Crippen LogP contribution in [0.3, 0.4) is 0 Å². The van der Waals surface area contributed by atoms with Gasteiger partial charge < -0.3 is 5.32 Å². The first-order chi connectivity index (χ1) is 5.59. The minimum absolute atomic E-state index is 0.330. The maximum absolute atomic E-state index is 3.43. The van der Waals surface area contributed by atoms with E-state index in [0.29, 0.717) is 11.3 Å². The first-order valence-corrected chi connectivity index (χ1v) is 4.77. The summed E-state index contributed by atoms with van der Waals surface area (Å²) in [6.45, 7) is 8.04. The zero-order valence-corrected chi connectivity index (χ0v) is 8.15. The van der Waals surface area contributed by atoms with Crippen molar-refractivity contribution in [1.82, 2.24) is 5.32 Å². The van der Waals surface area contributed by atoms with Gasteiger partial charge in [-0.15, -0.1) is 0 Å². The van der Waals surface area contributed by atoms with Crippen LogP contribution in [0.4, 0.5) is 0 Å². The second-order valence-corrected chi connectivity index (χ2v) is 4.54. The third-order valence-electron chi connectivity index (χ3n) is 3.20. The van der Waals surface area contributed by atoms with Crippen molar-refractivity contribution >= 4 is 0 Å². The quantitative estimate of drug-likeness (QED) is 0.578. The first-order valence-electron chi connectivity index (χ1n) is 4.77. The molecule has 0 bridgehead atoms. The molecule has 1 nitrogen and oxygen atoms in total. The third kappa shape index (κ3) is 1.08. The molecule has 0 radical (unpaired) electrons. The summed E-state index contributed by atoms with van der Waals surface area (Å²) < 4.78 is 0. The maximum Gasteiger partial charge on any atom is 0.0335 e. The zero-order valence-electron chi connectivity index (χ0n) is 8.15. The highest BCUT2D eigenvalue weighted by atomic mass is 14.9. The molecule has 1 heteroatoms. The van der Waals surface area contributed by atoms with Crippen LogP contribution in [-0.2, 0) is 0 Å². The van der Waals surface area contributed by atoms with Gasteiger partial charge in [0.25, 0.3) is 0 Å². The SMILES string of the molecule is CC1C=C2CCNC2=CC1(C)C. The third-order valence-corrected chi connectivity index (χ3v) is 3.20. The van der Waals surface area contributed by atoms with E-state index in [4.69, 9.17) is 0 Å². The molecule has 0 aromatic carbocycles. The molecule has 1 N–H and O–H groups in total. The van der Waals surface area contributed by atoms with Crippen molar-refractivity contribution in [3.8, 4) is 0 Å². The van der Waals surface area contributed by atoms with Gasteiger partial charge in [0.15, 0.2) is 0 Å². The number of rotatable bonds is 0. The lowest BCUT2D eigenvalue weighted by atomic mass is 9.75. The summed E-state index contributed by atoms with van der Waals surface area (Å²) in [6.07, 6.45) is 6.03. The highest BCUT2D eigenvalue weighted by molar-refractivity contribution is 5.39. The Morgan fingerprint density at radius 2 is 2.25 bits per heavy atom. The normalized spacial score (nSPS) is 31.8. The molecule has 1 heterocycles. The summed E-state index contributed by atoms with van der Waals surface area (Å²) in [5.41, 5.74) is 3.25. The van der Waals surface area contributed by atoms with Gasteiger partial charge in [-0.05, 0) is 23.3 Å². The van der Waals surface area contributed by atoms with Gasteiger partial charge in [-0.25, -0.2) is 0 Å². The summed E-state index contributed by atoms with van der Waals surface area (Å²) in [5.74, 6) is 0.677. The van der Waals surface area contributed by atoms with Crippen molar-refractivity contribution in [3.63, 3.8) is 0 Å². The average molecular weight is 163 g/mol. The predicted octanol–water partition coefficient (Wildman–Crippen LogP) is 2.47. The minimum atomic E-state index is 0.330. The molecule has 0 aromatic rings. The topological polar surface area (TPSA) is 12.0 Å². The van der Waals surface area contributed by atoms with Gasteiger partial charge in [-0.2, -0.15) is 0 Å². The predicted molar refractivity (Wildman–Crippen MR) is 51.7 cm³/mol. The first kappa shape index (κ1) is 7.90. The van der Waals surface area contributed by atoms with Gasteiger partial charge in [0.2, 0.25) is 0 Å². The Morgan fingerprint density at radius 3 is 3.00 bits per heavy atom. The van der Waals surface area contributed by atoms with Crippen molar-refractivity contribution in [2.45, 2.75) is 27.2 Å². The Labute approximate surface area is 74.5 Å². The molecule has 2 aliphatic rings. The van der Waals surface area contributed by atoms with Crippen LogP contribution < -0.4 is 5.32 Å². The molecule has 1 unspecified atom stereocenters. The van der Waals surface area contributed by atoms with E-state index in [-0.39, 0.29) is 0 Å². The molecule has 0 saturated carbocycles. The van der Waals surface area contributed by atoms with E-state index in [1.807, 2.05) is 0 Å². The van der Waals surface area contributed by atoms with Gasteiger partial charge in [-0.3, -0.25) is 0 Å². The van der Waals surface area contributed by atoms with Gasteiger partial charge in [0.05, 0.1) is 0 Å². The van der Waals surface area contributed by atoms with Gasteiger partial charge in [0, 0.05) is 12.2 Å². The molecule has 66 valence electrons. The summed E-state index contributed by atoms with van der Waals surface area (Å²) in [7, 11) is 0. The molecule has 0 spiro atoms. The van der Waals surface area contributed by atoms with Gasteiger partial charge >= 0.3 is 0 Å². The highest BCUT2D eigenvalue weighted by Gasteiger charge is 2.29. The number of nitrogens with one attached hydrogen (secondary N) is 1. The largest absolute Gasteiger partial charge is 0.385 e. The molecule has 1 atom stereocenters. The van der Waals surface area contributed by atoms with Crippen molar-refractivity contribution in [3.05, 3.63) is 23.4 Å². The molecule has 1 aliphatic carbocycles. The molecule has 0 amide bonds. The van der Waals surface area contributed by atoms with Crippen LogP contribution in [0.15, 0.2) is 23.4 Å². The zero-order chi connectivity index (χ0) is 8.77. The van der Waals surface area contributed by atoms with Crippen molar-refractivity contribution in [2.75, 3.05) is 6.54 Å². The minimum Gasteiger partial charge on any atom is -0.385 e. The van der Waals surface area contributed by atoms with E-state index in [2.05, 4.69) is 38.2 Å². The molecule has 0 aromatic heterocycles. The van der Waals surface area contributed by atoms with E-state index in [9.17, 15) is 0 Å². The molecular formula is C11H17N. The smallest absolute Gasteiger partial charge is 0.0335 e. The number of fused-ring (bicyclic) bond motifs is 1. The van der Waals surface area contributed by atoms with E-state index < -0.39 is 0 Å². The Bertz CT molecular complexity index is 258. The van der Waals surface area contributed by atoms with Crippen LogP contribution in [0.2, 0.25) is 0 Å². The van der Waals surface area contributed by atoms with Gasteiger partial charge in [0.1, 0.15) is 0 Å². The van der Waals surface area contributed by atoms with E-state index in [1.54, 1.807) is 0 Å². The van der Waals surface area contributed by atoms with Crippen LogP contribution in [0.25, 0.3) is 0 Å². The maximum atomic E-state index is 3.43. The number of hydrogen-bond donors (Lipinski definition) is 1. The van der Waals surface area contributed by atoms with Crippen LogP contribution in [-0.4, -0.2) is 6.54 Å². The Morgan fingerprint density at radius 1 is 1.50 bits per heavy atom. The molecule has 1 aliphatic heterocycles. The Balaban J connectivity index is 2.36. The lowest BCUT2D eigenvalue weighted by Crippen LogP contribution is -2.23. The van der Waals surface area contributed by atoms with Crippen LogP contribution in [0.5, 0.6) is 0 Å². The molecular weight excluding hydrogens is 146 g/mol. The van der Waals surface area contributed by atoms with Gasteiger partial charge in [-0.1, -0.05) is 32.9 Å². The second-order valence-electron chi connectivity index (χ2n) is 4.54. The molecule has 1 saturated heterocycles. The highest BCUT2D eigenvalue weighted by Crippen LogP contribution is 2.38. The lowest BCUT2D eigenvalue weighted by Gasteiger charge is -2.31. The van der Waals surface area contributed by atoms with Crippen LogP contribution >= 0.6 is 0 Å². The summed E-state index contributed by atoms with van der Waals surface area (Å²) in [4.78, 5) is 0. The summed E-state index contributed by atoms with van der Waals surface area (Å²) >= 11 is 0. The molecule has 12 heavy (non-hydrogen) atoms. The fraction of sp³-hybridized carbons (Fsp3) is 0.636. The number of allylic oxidation sites excluding steroid dienone is 3. The standard InChI is InChI=1S/C11H17N/c1-8-6-9-4-5-12-10(9)7-11(8,2)3/h6-8,12H,4-5H2,1-3H3. The number of hydrogen-bond acceptors (Lipinski definition) is 1. The fourth-order valence-electron chi connectivity index (χ4n) is 1.92. The molecule has 1 fully saturated rings. The van der Waals surface area contributed by atoms with E-state index in [1.165, 1.54) is 17.7 Å². The Kier molecular flexibility index (Phi) is 1.57. The average Bonchev–Trinajstić information content (AvgIpc) is 2.35. The fourth-order valence-corrected chi connectivity index (χ4v) is 1.92. The lowest BCUT2D eigenvalue weighted by molar-refractivity contribution is 0.358. The molecule has 2 rings (SSSR count). The van der Waals surface area contributed by atoms with Crippen molar-refractivity contribution in [1.29, 1.82) is 0 Å². The summed E-state index contributed by atoms with van der Waals surface area (Å²) in [5, 5.41) is 3.43. The van der Waals surface area contributed by atoms with Crippen molar-refractivity contribution in [2.24, 2.45) is 11.3 Å². The van der Waals surface area contributed by atoms with Crippen molar-refractivity contribution < 1.29 is 0 Å². The van der Waals surface area contributed by atoms with E-state index >= 15 is 0 Å². The van der Waals surface area contributed by atoms with Crippen LogP contribution in [0, 0.1) is 11.3 Å². The second kappa shape index (κ2) is 2.38. The monoisotopic (exact) mass is 163 g/mol. The Hall–Kier alpha value is -0.720. The van der Waals surface area contributed by atoms with Crippen LogP contribution in [0.1, 0.15) is 27.2 Å².